The molecule has 0 amide bonds. The van der Waals surface area contributed by atoms with E-state index in [1.165, 1.54) is 0 Å². The fourth-order valence-electron chi connectivity index (χ4n) is 1.26. The molecule has 0 radical (unpaired) electrons. The van der Waals surface area contributed by atoms with Crippen LogP contribution in [0.1, 0.15) is 5.56 Å². The number of benzene rings is 1. The number of aryl methyl sites for hydroxylation is 1. The van der Waals surface area contributed by atoms with Crippen LogP contribution >= 0.6 is 11.6 Å². The van der Waals surface area contributed by atoms with E-state index in [1.807, 2.05) is 19.1 Å². The summed E-state index contributed by atoms with van der Waals surface area (Å²) in [5, 5.41) is 0.711. The van der Waals surface area contributed by atoms with Crippen molar-refractivity contribution in [1.82, 2.24) is 9.97 Å². The minimum Gasteiger partial charge on any atom is -0.323 e. The second-order valence-electron chi connectivity index (χ2n) is 2.80. The lowest BCUT2D eigenvalue weighted by Gasteiger charge is -1.95. The molecule has 0 atom stereocenters. The van der Waals surface area contributed by atoms with Gasteiger partial charge in [-0.05, 0) is 24.6 Å². The number of aromatic amines is 1. The summed E-state index contributed by atoms with van der Waals surface area (Å²) in [5.41, 5.74) is 5.18. The van der Waals surface area contributed by atoms with Gasteiger partial charge in [0.2, 0.25) is 5.95 Å². The Kier molecular flexibility index (Phi) is 1.86. The highest BCUT2D eigenvalue weighted by Gasteiger charge is 2.06. The average molecular weight is 197 g/mol. The van der Waals surface area contributed by atoms with Gasteiger partial charge in [0, 0.05) is 5.02 Å². The zero-order valence-electron chi connectivity index (χ0n) is 7.06. The molecule has 0 fully saturated rings. The van der Waals surface area contributed by atoms with E-state index < -0.39 is 0 Å². The van der Waals surface area contributed by atoms with Crippen molar-refractivity contribution >= 4 is 28.6 Å². The Morgan fingerprint density at radius 3 is 3.00 bits per heavy atom. The summed E-state index contributed by atoms with van der Waals surface area (Å²) < 4.78 is 0. The molecule has 1 aromatic carbocycles. The number of rotatable bonds is 1. The molecular weight excluding hydrogens is 188 g/mol. The summed E-state index contributed by atoms with van der Waals surface area (Å²) >= 11 is 5.93. The lowest BCUT2D eigenvalue weighted by atomic mass is 10.2. The molecule has 0 aliphatic rings. The van der Waals surface area contributed by atoms with Crippen molar-refractivity contribution in [2.24, 2.45) is 5.84 Å². The molecule has 0 unspecified atom stereocenters. The average Bonchev–Trinajstić information content (AvgIpc) is 2.55. The number of hydrogen-bond donors (Lipinski definition) is 3. The molecule has 0 bridgehead atoms. The van der Waals surface area contributed by atoms with Crippen molar-refractivity contribution in [3.05, 3.63) is 22.7 Å². The van der Waals surface area contributed by atoms with Gasteiger partial charge in [0.25, 0.3) is 0 Å². The van der Waals surface area contributed by atoms with E-state index in [9.17, 15) is 0 Å². The number of hydrogen-bond acceptors (Lipinski definition) is 3. The number of hydrazine groups is 1. The van der Waals surface area contributed by atoms with E-state index in [-0.39, 0.29) is 0 Å². The molecule has 0 saturated carbocycles. The highest BCUT2D eigenvalue weighted by atomic mass is 35.5. The number of imidazole rings is 1. The van der Waals surface area contributed by atoms with E-state index in [0.29, 0.717) is 11.0 Å². The van der Waals surface area contributed by atoms with Crippen molar-refractivity contribution in [1.29, 1.82) is 0 Å². The Morgan fingerprint density at radius 1 is 1.54 bits per heavy atom. The monoisotopic (exact) mass is 196 g/mol. The standard InChI is InChI=1S/C8H9ClN4/c1-4-5(9)2-3-6-7(4)12-8(11-6)13-10/h2-3H,10H2,1H3,(H2,11,12,13). The molecule has 0 aliphatic heterocycles. The molecule has 0 spiro atoms. The fraction of sp³-hybridized carbons (Fsp3) is 0.125. The number of nitrogens with zero attached hydrogens (tertiary/aromatic N) is 1. The number of anilines is 1. The number of fused-ring (bicyclic) bond motifs is 1. The van der Waals surface area contributed by atoms with Gasteiger partial charge < -0.3 is 4.98 Å². The Bertz CT molecular complexity index is 449. The number of nitrogen functional groups attached to an aromatic ring is 1. The van der Waals surface area contributed by atoms with Crippen molar-refractivity contribution in [2.45, 2.75) is 6.92 Å². The second kappa shape index (κ2) is 2.90. The predicted molar refractivity (Wildman–Crippen MR) is 53.7 cm³/mol. The highest BCUT2D eigenvalue weighted by molar-refractivity contribution is 6.32. The number of H-pyrrole nitrogens is 1. The van der Waals surface area contributed by atoms with Gasteiger partial charge in [-0.2, -0.15) is 0 Å². The van der Waals surface area contributed by atoms with Gasteiger partial charge in [-0.3, -0.25) is 5.43 Å². The molecule has 13 heavy (non-hydrogen) atoms. The summed E-state index contributed by atoms with van der Waals surface area (Å²) in [6.07, 6.45) is 0. The van der Waals surface area contributed by atoms with E-state index in [0.717, 1.165) is 16.6 Å². The van der Waals surface area contributed by atoms with Crippen LogP contribution in [0.2, 0.25) is 5.02 Å². The van der Waals surface area contributed by atoms with Gasteiger partial charge in [0.1, 0.15) is 0 Å². The maximum Gasteiger partial charge on any atom is 0.215 e. The molecule has 5 heteroatoms. The van der Waals surface area contributed by atoms with Gasteiger partial charge >= 0.3 is 0 Å². The van der Waals surface area contributed by atoms with Crippen LogP contribution in [0.3, 0.4) is 0 Å². The normalized spacial score (nSPS) is 10.7. The Balaban J connectivity index is 2.76. The number of aromatic nitrogens is 2. The van der Waals surface area contributed by atoms with Crippen LogP contribution in [-0.4, -0.2) is 9.97 Å². The molecule has 1 aromatic heterocycles. The van der Waals surface area contributed by atoms with Gasteiger partial charge in [0.15, 0.2) is 0 Å². The van der Waals surface area contributed by atoms with Crippen molar-refractivity contribution in [3.8, 4) is 0 Å². The molecule has 68 valence electrons. The van der Waals surface area contributed by atoms with Crippen LogP contribution in [-0.2, 0) is 0 Å². The second-order valence-corrected chi connectivity index (χ2v) is 3.21. The molecule has 2 rings (SSSR count). The van der Waals surface area contributed by atoms with Gasteiger partial charge in [0.05, 0.1) is 11.0 Å². The van der Waals surface area contributed by atoms with E-state index in [1.54, 1.807) is 0 Å². The van der Waals surface area contributed by atoms with Crippen LogP contribution < -0.4 is 11.3 Å². The van der Waals surface area contributed by atoms with Crippen molar-refractivity contribution in [2.75, 3.05) is 5.43 Å². The number of nitrogens with two attached hydrogens (primary N) is 1. The molecule has 4 N–H and O–H groups in total. The van der Waals surface area contributed by atoms with E-state index >= 15 is 0 Å². The number of halogens is 1. The summed E-state index contributed by atoms with van der Waals surface area (Å²) in [5.74, 6) is 5.77. The lowest BCUT2D eigenvalue weighted by molar-refractivity contribution is 1.21. The van der Waals surface area contributed by atoms with Gasteiger partial charge in [-0.25, -0.2) is 10.8 Å². The first-order valence-corrected chi connectivity index (χ1v) is 4.21. The largest absolute Gasteiger partial charge is 0.323 e. The number of nitrogens with one attached hydrogen (secondary N) is 2. The highest BCUT2D eigenvalue weighted by Crippen LogP contribution is 2.24. The lowest BCUT2D eigenvalue weighted by Crippen LogP contribution is -2.07. The summed E-state index contributed by atoms with van der Waals surface area (Å²) in [4.78, 5) is 7.22. The molecular formula is C8H9ClN4. The topological polar surface area (TPSA) is 66.7 Å². The van der Waals surface area contributed by atoms with Gasteiger partial charge in [-0.15, -0.1) is 0 Å². The summed E-state index contributed by atoms with van der Waals surface area (Å²) in [7, 11) is 0. The molecule has 0 saturated heterocycles. The molecule has 0 aliphatic carbocycles. The predicted octanol–water partition coefficient (Wildman–Crippen LogP) is 1.81. The quantitative estimate of drug-likeness (QED) is 0.482. The van der Waals surface area contributed by atoms with Crippen LogP contribution in [0.15, 0.2) is 12.1 Å². The van der Waals surface area contributed by atoms with Crippen molar-refractivity contribution < 1.29 is 0 Å². The summed E-state index contributed by atoms with van der Waals surface area (Å²) in [6.45, 7) is 1.92. The minimum absolute atomic E-state index is 0.542. The summed E-state index contributed by atoms with van der Waals surface area (Å²) in [6, 6.07) is 3.70. The minimum atomic E-state index is 0.542. The van der Waals surface area contributed by atoms with Crippen LogP contribution in [0.5, 0.6) is 0 Å². The zero-order valence-corrected chi connectivity index (χ0v) is 7.81. The van der Waals surface area contributed by atoms with E-state index in [4.69, 9.17) is 17.4 Å². The van der Waals surface area contributed by atoms with Crippen LogP contribution in [0.25, 0.3) is 11.0 Å². The Hall–Kier alpha value is -1.26. The molecule has 2 aromatic rings. The first-order valence-electron chi connectivity index (χ1n) is 3.84. The maximum absolute atomic E-state index is 5.93. The third-order valence-corrected chi connectivity index (χ3v) is 2.39. The van der Waals surface area contributed by atoms with Crippen LogP contribution in [0.4, 0.5) is 5.95 Å². The Morgan fingerprint density at radius 2 is 2.31 bits per heavy atom. The van der Waals surface area contributed by atoms with Crippen molar-refractivity contribution in [3.63, 3.8) is 0 Å². The first kappa shape index (κ1) is 8.34. The van der Waals surface area contributed by atoms with Gasteiger partial charge in [-0.1, -0.05) is 11.6 Å². The first-order chi connectivity index (χ1) is 6.22. The SMILES string of the molecule is Cc1c(Cl)ccc2[nH]c(NN)nc12. The Labute approximate surface area is 80.1 Å². The zero-order chi connectivity index (χ0) is 9.42. The third-order valence-electron chi connectivity index (χ3n) is 1.98. The maximum atomic E-state index is 5.93. The third kappa shape index (κ3) is 1.24. The van der Waals surface area contributed by atoms with Crippen LogP contribution in [0, 0.1) is 6.92 Å². The molecule has 1 heterocycles. The fourth-order valence-corrected chi connectivity index (χ4v) is 1.41. The van der Waals surface area contributed by atoms with E-state index in [2.05, 4.69) is 15.4 Å². The smallest absolute Gasteiger partial charge is 0.215 e. The molecule has 4 nitrogen and oxygen atoms in total.